The van der Waals surface area contributed by atoms with Crippen molar-refractivity contribution in [2.45, 2.75) is 12.6 Å². The zero-order valence-electron chi connectivity index (χ0n) is 10.2. The quantitative estimate of drug-likeness (QED) is 0.822. The van der Waals surface area contributed by atoms with Gasteiger partial charge in [-0.1, -0.05) is 30.3 Å². The summed E-state index contributed by atoms with van der Waals surface area (Å²) in [6.45, 7) is 0.943. The summed E-state index contributed by atoms with van der Waals surface area (Å²) in [6.07, 6.45) is 0. The van der Waals surface area contributed by atoms with E-state index in [4.69, 9.17) is 5.11 Å². The van der Waals surface area contributed by atoms with Gasteiger partial charge in [0, 0.05) is 24.7 Å². The van der Waals surface area contributed by atoms with Crippen LogP contribution < -0.4 is 5.32 Å². The molecule has 5 heteroatoms. The highest BCUT2D eigenvalue weighted by molar-refractivity contribution is 7.99. The standard InChI is InChI=1S/C13H18N2O2S/c16-7-6-15(8-11-4-2-1-3-5-11)13(17)12-9-18-10-14-12/h1-5,12,14,16H,6-10H2. The fourth-order valence-corrected chi connectivity index (χ4v) is 2.90. The number of rotatable bonds is 5. The number of nitrogens with zero attached hydrogens (tertiary/aromatic N) is 1. The van der Waals surface area contributed by atoms with Crippen molar-refractivity contribution in [1.29, 1.82) is 0 Å². The molecular formula is C13H18N2O2S. The summed E-state index contributed by atoms with van der Waals surface area (Å²) in [4.78, 5) is 14.0. The predicted octanol–water partition coefficient (Wildman–Crippen LogP) is 0.670. The fourth-order valence-electron chi connectivity index (χ4n) is 1.97. The lowest BCUT2D eigenvalue weighted by Gasteiger charge is -2.24. The van der Waals surface area contributed by atoms with Crippen molar-refractivity contribution in [1.82, 2.24) is 10.2 Å². The third kappa shape index (κ3) is 3.48. The van der Waals surface area contributed by atoms with Gasteiger partial charge in [-0.15, -0.1) is 11.8 Å². The van der Waals surface area contributed by atoms with Crippen LogP contribution in [0.3, 0.4) is 0 Å². The first-order chi connectivity index (χ1) is 8.81. The molecule has 1 fully saturated rings. The number of carbonyl (C=O) groups is 1. The van der Waals surface area contributed by atoms with Crippen molar-refractivity contribution >= 4 is 17.7 Å². The second-order valence-electron chi connectivity index (χ2n) is 4.24. The van der Waals surface area contributed by atoms with E-state index in [1.165, 1.54) is 0 Å². The van der Waals surface area contributed by atoms with Gasteiger partial charge in [0.05, 0.1) is 12.6 Å². The van der Waals surface area contributed by atoms with E-state index in [0.29, 0.717) is 13.1 Å². The van der Waals surface area contributed by atoms with Crippen LogP contribution in [0.25, 0.3) is 0 Å². The van der Waals surface area contributed by atoms with Gasteiger partial charge in [-0.05, 0) is 5.56 Å². The Morgan fingerprint density at radius 1 is 1.44 bits per heavy atom. The van der Waals surface area contributed by atoms with Crippen LogP contribution in [0.5, 0.6) is 0 Å². The van der Waals surface area contributed by atoms with Gasteiger partial charge in [-0.25, -0.2) is 0 Å². The number of aliphatic hydroxyl groups excluding tert-OH is 1. The minimum absolute atomic E-state index is 0.00155. The molecule has 1 aromatic carbocycles. The van der Waals surface area contributed by atoms with Crippen LogP contribution in [-0.4, -0.2) is 46.7 Å². The Hall–Kier alpha value is -1.04. The molecule has 0 radical (unpaired) electrons. The highest BCUT2D eigenvalue weighted by Crippen LogP contribution is 2.13. The van der Waals surface area contributed by atoms with E-state index in [0.717, 1.165) is 17.2 Å². The average molecular weight is 266 g/mol. The molecule has 1 aliphatic rings. The van der Waals surface area contributed by atoms with Gasteiger partial charge >= 0.3 is 0 Å². The second-order valence-corrected chi connectivity index (χ2v) is 5.27. The molecule has 4 nitrogen and oxygen atoms in total. The van der Waals surface area contributed by atoms with E-state index in [-0.39, 0.29) is 18.6 Å². The molecular weight excluding hydrogens is 248 g/mol. The Morgan fingerprint density at radius 2 is 2.22 bits per heavy atom. The molecule has 0 spiro atoms. The maximum Gasteiger partial charge on any atom is 0.240 e. The maximum atomic E-state index is 12.3. The first kappa shape index (κ1) is 13.4. The number of hydrogen-bond donors (Lipinski definition) is 2. The Kier molecular flexibility index (Phi) is 5.04. The molecule has 1 aliphatic heterocycles. The highest BCUT2D eigenvalue weighted by atomic mass is 32.2. The SMILES string of the molecule is O=C(C1CSCN1)N(CCO)Cc1ccccc1. The van der Waals surface area contributed by atoms with Gasteiger partial charge < -0.3 is 10.0 Å². The van der Waals surface area contributed by atoms with Crippen molar-refractivity contribution in [3.63, 3.8) is 0 Å². The summed E-state index contributed by atoms with van der Waals surface area (Å²) in [7, 11) is 0. The van der Waals surface area contributed by atoms with Crippen LogP contribution in [0.1, 0.15) is 5.56 Å². The number of aliphatic hydroxyl groups is 1. The zero-order chi connectivity index (χ0) is 12.8. The summed E-state index contributed by atoms with van der Waals surface area (Å²) in [5, 5.41) is 12.3. The summed E-state index contributed by atoms with van der Waals surface area (Å²) in [6, 6.07) is 9.76. The first-order valence-corrected chi connectivity index (χ1v) is 7.21. The van der Waals surface area contributed by atoms with E-state index in [2.05, 4.69) is 5.32 Å². The molecule has 1 amide bonds. The summed E-state index contributed by atoms with van der Waals surface area (Å²) >= 11 is 1.73. The second kappa shape index (κ2) is 6.78. The maximum absolute atomic E-state index is 12.3. The number of thioether (sulfide) groups is 1. The number of nitrogens with one attached hydrogen (secondary N) is 1. The number of amides is 1. The van der Waals surface area contributed by atoms with Gasteiger partial charge in [0.15, 0.2) is 0 Å². The minimum atomic E-state index is -0.106. The van der Waals surface area contributed by atoms with Crippen LogP contribution in [0.2, 0.25) is 0 Å². The average Bonchev–Trinajstić information content (AvgIpc) is 2.92. The van der Waals surface area contributed by atoms with Gasteiger partial charge in [0.25, 0.3) is 0 Å². The molecule has 1 saturated heterocycles. The van der Waals surface area contributed by atoms with Crippen LogP contribution in [0, 0.1) is 0 Å². The fraction of sp³-hybridized carbons (Fsp3) is 0.462. The molecule has 2 N–H and O–H groups in total. The summed E-state index contributed by atoms with van der Waals surface area (Å²) in [5.74, 6) is 1.72. The van der Waals surface area contributed by atoms with E-state index in [1.54, 1.807) is 16.7 Å². The van der Waals surface area contributed by atoms with Crippen molar-refractivity contribution in [3.8, 4) is 0 Å². The Morgan fingerprint density at radius 3 is 2.83 bits per heavy atom. The number of hydrogen-bond acceptors (Lipinski definition) is 4. The molecule has 98 valence electrons. The van der Waals surface area contributed by atoms with Crippen LogP contribution >= 0.6 is 11.8 Å². The molecule has 18 heavy (non-hydrogen) atoms. The smallest absolute Gasteiger partial charge is 0.240 e. The topological polar surface area (TPSA) is 52.6 Å². The molecule has 2 rings (SSSR count). The van der Waals surface area contributed by atoms with Gasteiger partial charge in [-0.2, -0.15) is 0 Å². The molecule has 1 heterocycles. The van der Waals surface area contributed by atoms with E-state index in [9.17, 15) is 4.79 Å². The zero-order valence-corrected chi connectivity index (χ0v) is 11.0. The van der Waals surface area contributed by atoms with E-state index >= 15 is 0 Å². The van der Waals surface area contributed by atoms with Gasteiger partial charge in [0.1, 0.15) is 0 Å². The monoisotopic (exact) mass is 266 g/mol. The molecule has 1 atom stereocenters. The lowest BCUT2D eigenvalue weighted by atomic mass is 10.2. The van der Waals surface area contributed by atoms with Gasteiger partial charge in [0.2, 0.25) is 5.91 Å². The predicted molar refractivity (Wildman–Crippen MR) is 73.2 cm³/mol. The molecule has 0 aliphatic carbocycles. The lowest BCUT2D eigenvalue weighted by Crippen LogP contribution is -2.45. The molecule has 1 unspecified atom stereocenters. The van der Waals surface area contributed by atoms with Crippen molar-refractivity contribution in [2.75, 3.05) is 24.8 Å². The van der Waals surface area contributed by atoms with E-state index in [1.807, 2.05) is 30.3 Å². The molecule has 0 aromatic heterocycles. The third-order valence-corrected chi connectivity index (χ3v) is 3.85. The van der Waals surface area contributed by atoms with Crippen molar-refractivity contribution < 1.29 is 9.90 Å². The first-order valence-electron chi connectivity index (χ1n) is 6.06. The normalized spacial score (nSPS) is 18.8. The highest BCUT2D eigenvalue weighted by Gasteiger charge is 2.26. The molecule has 1 aromatic rings. The van der Waals surface area contributed by atoms with Crippen LogP contribution in [0.15, 0.2) is 30.3 Å². The summed E-state index contributed by atoms with van der Waals surface area (Å²) in [5.41, 5.74) is 1.09. The van der Waals surface area contributed by atoms with Crippen LogP contribution in [-0.2, 0) is 11.3 Å². The van der Waals surface area contributed by atoms with Crippen molar-refractivity contribution in [2.24, 2.45) is 0 Å². The lowest BCUT2D eigenvalue weighted by molar-refractivity contribution is -0.133. The number of benzene rings is 1. The summed E-state index contributed by atoms with van der Waals surface area (Å²) < 4.78 is 0. The molecule has 0 bridgehead atoms. The minimum Gasteiger partial charge on any atom is -0.395 e. The Balaban J connectivity index is 2.00. The Labute approximate surface area is 111 Å². The van der Waals surface area contributed by atoms with Crippen LogP contribution in [0.4, 0.5) is 0 Å². The number of carbonyl (C=O) groups excluding carboxylic acids is 1. The molecule has 0 saturated carbocycles. The largest absolute Gasteiger partial charge is 0.395 e. The van der Waals surface area contributed by atoms with Crippen molar-refractivity contribution in [3.05, 3.63) is 35.9 Å². The Bertz CT molecular complexity index is 380. The van der Waals surface area contributed by atoms with Gasteiger partial charge in [-0.3, -0.25) is 10.1 Å². The third-order valence-electron chi connectivity index (χ3n) is 2.91. The van der Waals surface area contributed by atoms with E-state index < -0.39 is 0 Å².